The van der Waals surface area contributed by atoms with E-state index in [-0.39, 0.29) is 22.4 Å². The summed E-state index contributed by atoms with van der Waals surface area (Å²) in [5.41, 5.74) is 1.75. The monoisotopic (exact) mass is 294 g/mol. The van der Waals surface area contributed by atoms with Crippen molar-refractivity contribution in [2.24, 2.45) is 0 Å². The first-order valence-electron chi connectivity index (χ1n) is 5.84. The zero-order chi connectivity index (χ0) is 14.5. The number of nitrogens with one attached hydrogen (secondary N) is 1. The first-order valence-corrected chi connectivity index (χ1v) is 6.72. The Bertz CT molecular complexity index is 620. The standard InChI is InChI=1S/C14H12F2N2OS/c1-9-4-2-5-10(8-9)18-12(19)11-6-3-7-17-13(11)20-14(15)16/h2-8,14H,1H3,(H,18,19). The summed E-state index contributed by atoms with van der Waals surface area (Å²) in [6, 6.07) is 10.3. The van der Waals surface area contributed by atoms with Gasteiger partial charge in [-0.3, -0.25) is 4.79 Å². The molecule has 0 atom stereocenters. The van der Waals surface area contributed by atoms with E-state index in [0.29, 0.717) is 5.69 Å². The lowest BCUT2D eigenvalue weighted by Gasteiger charge is -2.09. The number of aromatic nitrogens is 1. The highest BCUT2D eigenvalue weighted by Gasteiger charge is 2.16. The lowest BCUT2D eigenvalue weighted by Crippen LogP contribution is -2.14. The van der Waals surface area contributed by atoms with E-state index < -0.39 is 11.7 Å². The van der Waals surface area contributed by atoms with Crippen LogP contribution in [0.5, 0.6) is 0 Å². The third-order valence-corrected chi connectivity index (χ3v) is 3.22. The van der Waals surface area contributed by atoms with E-state index in [1.807, 2.05) is 19.1 Å². The highest BCUT2D eigenvalue weighted by molar-refractivity contribution is 7.99. The minimum atomic E-state index is -2.62. The Morgan fingerprint density at radius 2 is 2.10 bits per heavy atom. The van der Waals surface area contributed by atoms with Crippen molar-refractivity contribution in [1.82, 2.24) is 4.98 Å². The predicted octanol–water partition coefficient (Wildman–Crippen LogP) is 3.96. The number of carbonyl (C=O) groups is 1. The van der Waals surface area contributed by atoms with E-state index in [0.717, 1.165) is 5.56 Å². The first kappa shape index (κ1) is 14.5. The first-order chi connectivity index (χ1) is 9.56. The van der Waals surface area contributed by atoms with Crippen LogP contribution in [0.2, 0.25) is 0 Å². The van der Waals surface area contributed by atoms with E-state index in [1.54, 1.807) is 18.2 Å². The van der Waals surface area contributed by atoms with Crippen molar-refractivity contribution in [2.75, 3.05) is 5.32 Å². The molecule has 2 aromatic rings. The van der Waals surface area contributed by atoms with Gasteiger partial charge in [-0.05, 0) is 48.5 Å². The molecule has 0 radical (unpaired) electrons. The SMILES string of the molecule is Cc1cccc(NC(=O)c2cccnc2SC(F)F)c1. The van der Waals surface area contributed by atoms with Crippen molar-refractivity contribution in [3.05, 3.63) is 53.7 Å². The van der Waals surface area contributed by atoms with Gasteiger partial charge in [-0.15, -0.1) is 0 Å². The fourth-order valence-corrected chi connectivity index (χ4v) is 2.24. The normalized spacial score (nSPS) is 10.6. The predicted molar refractivity (Wildman–Crippen MR) is 75.2 cm³/mol. The molecule has 1 aromatic carbocycles. The number of hydrogen-bond acceptors (Lipinski definition) is 3. The Kier molecular flexibility index (Phi) is 4.68. The summed E-state index contributed by atoms with van der Waals surface area (Å²) in [7, 11) is 0. The van der Waals surface area contributed by atoms with Gasteiger partial charge in [-0.25, -0.2) is 4.98 Å². The molecule has 0 bridgehead atoms. The molecule has 0 saturated carbocycles. The number of anilines is 1. The molecule has 20 heavy (non-hydrogen) atoms. The van der Waals surface area contributed by atoms with Crippen LogP contribution in [0.25, 0.3) is 0 Å². The minimum Gasteiger partial charge on any atom is -0.322 e. The smallest absolute Gasteiger partial charge is 0.290 e. The molecule has 1 heterocycles. The van der Waals surface area contributed by atoms with Gasteiger partial charge >= 0.3 is 0 Å². The molecule has 6 heteroatoms. The number of nitrogens with zero attached hydrogens (tertiary/aromatic N) is 1. The maximum absolute atomic E-state index is 12.4. The highest BCUT2D eigenvalue weighted by atomic mass is 32.2. The molecule has 0 aliphatic carbocycles. The molecule has 1 aromatic heterocycles. The molecule has 0 saturated heterocycles. The second-order valence-electron chi connectivity index (χ2n) is 4.06. The van der Waals surface area contributed by atoms with E-state index in [2.05, 4.69) is 10.3 Å². The van der Waals surface area contributed by atoms with E-state index in [9.17, 15) is 13.6 Å². The molecule has 104 valence electrons. The van der Waals surface area contributed by atoms with Crippen molar-refractivity contribution in [1.29, 1.82) is 0 Å². The summed E-state index contributed by atoms with van der Waals surface area (Å²) in [5, 5.41) is 2.70. The number of aryl methyl sites for hydroxylation is 1. The molecule has 0 aliphatic rings. The molecule has 2 rings (SSSR count). The number of thioether (sulfide) groups is 1. The van der Waals surface area contributed by atoms with Crippen molar-refractivity contribution in [3.63, 3.8) is 0 Å². The number of carbonyl (C=O) groups excluding carboxylic acids is 1. The van der Waals surface area contributed by atoms with Gasteiger partial charge in [0, 0.05) is 11.9 Å². The highest BCUT2D eigenvalue weighted by Crippen LogP contribution is 2.26. The van der Waals surface area contributed by atoms with Crippen LogP contribution in [-0.2, 0) is 0 Å². The van der Waals surface area contributed by atoms with E-state index >= 15 is 0 Å². The van der Waals surface area contributed by atoms with Crippen molar-refractivity contribution in [2.45, 2.75) is 17.7 Å². The minimum absolute atomic E-state index is 0.0210. The van der Waals surface area contributed by atoms with Crippen LogP contribution >= 0.6 is 11.8 Å². The average Bonchev–Trinajstić information content (AvgIpc) is 2.38. The summed E-state index contributed by atoms with van der Waals surface area (Å²) in [6.45, 7) is 1.90. The van der Waals surface area contributed by atoms with Gasteiger partial charge in [0.2, 0.25) is 0 Å². The summed E-state index contributed by atoms with van der Waals surface area (Å²) in [5.74, 6) is -3.07. The van der Waals surface area contributed by atoms with Gasteiger partial charge in [-0.2, -0.15) is 8.78 Å². The number of halogens is 2. The second-order valence-corrected chi connectivity index (χ2v) is 5.04. The lowest BCUT2D eigenvalue weighted by atomic mass is 10.2. The van der Waals surface area contributed by atoms with Crippen molar-refractivity contribution in [3.8, 4) is 0 Å². The third-order valence-electron chi connectivity index (χ3n) is 2.49. The Balaban J connectivity index is 2.21. The molecular weight excluding hydrogens is 282 g/mol. The number of rotatable bonds is 4. The number of amides is 1. The van der Waals surface area contributed by atoms with E-state index in [4.69, 9.17) is 0 Å². The van der Waals surface area contributed by atoms with Crippen LogP contribution < -0.4 is 5.32 Å². The summed E-state index contributed by atoms with van der Waals surface area (Å²) in [6.07, 6.45) is 1.38. The maximum atomic E-state index is 12.4. The van der Waals surface area contributed by atoms with Crippen molar-refractivity contribution >= 4 is 23.4 Å². The van der Waals surface area contributed by atoms with Crippen LogP contribution in [0.1, 0.15) is 15.9 Å². The second kappa shape index (κ2) is 6.47. The zero-order valence-electron chi connectivity index (χ0n) is 10.6. The van der Waals surface area contributed by atoms with Gasteiger partial charge in [0.1, 0.15) is 5.03 Å². The van der Waals surface area contributed by atoms with Gasteiger partial charge in [-0.1, -0.05) is 12.1 Å². The maximum Gasteiger partial charge on any atom is 0.290 e. The number of hydrogen-bond donors (Lipinski definition) is 1. The Morgan fingerprint density at radius 1 is 1.30 bits per heavy atom. The van der Waals surface area contributed by atoms with Crippen LogP contribution in [0.4, 0.5) is 14.5 Å². The molecule has 1 N–H and O–H groups in total. The lowest BCUT2D eigenvalue weighted by molar-refractivity contribution is 0.102. The third kappa shape index (κ3) is 3.77. The fraction of sp³-hybridized carbons (Fsp3) is 0.143. The number of benzene rings is 1. The molecule has 3 nitrogen and oxygen atoms in total. The summed E-state index contributed by atoms with van der Waals surface area (Å²) in [4.78, 5) is 15.9. The molecule has 0 fully saturated rings. The van der Waals surface area contributed by atoms with Crippen molar-refractivity contribution < 1.29 is 13.6 Å². The molecule has 0 spiro atoms. The molecule has 0 aliphatic heterocycles. The van der Waals surface area contributed by atoms with Gasteiger partial charge in [0.15, 0.2) is 0 Å². The molecule has 0 unspecified atom stereocenters. The Labute approximate surface area is 119 Å². The zero-order valence-corrected chi connectivity index (χ0v) is 11.5. The number of pyridine rings is 1. The van der Waals surface area contributed by atoms with Crippen LogP contribution in [0, 0.1) is 6.92 Å². The van der Waals surface area contributed by atoms with Gasteiger partial charge in [0.05, 0.1) is 5.56 Å². The summed E-state index contributed by atoms with van der Waals surface area (Å²) >= 11 is 0.262. The summed E-state index contributed by atoms with van der Waals surface area (Å²) < 4.78 is 24.9. The van der Waals surface area contributed by atoms with Crippen LogP contribution in [0.15, 0.2) is 47.6 Å². The molecule has 1 amide bonds. The van der Waals surface area contributed by atoms with Crippen LogP contribution in [-0.4, -0.2) is 16.6 Å². The Morgan fingerprint density at radius 3 is 2.80 bits per heavy atom. The van der Waals surface area contributed by atoms with Gasteiger partial charge < -0.3 is 5.32 Å². The largest absolute Gasteiger partial charge is 0.322 e. The molecular formula is C14H12F2N2OS. The van der Waals surface area contributed by atoms with E-state index in [1.165, 1.54) is 12.3 Å². The topological polar surface area (TPSA) is 42.0 Å². The average molecular weight is 294 g/mol. The fourth-order valence-electron chi connectivity index (χ4n) is 1.66. The number of alkyl halides is 2. The van der Waals surface area contributed by atoms with Gasteiger partial charge in [0.25, 0.3) is 11.7 Å². The Hall–Kier alpha value is -1.95. The quantitative estimate of drug-likeness (QED) is 0.868. The van der Waals surface area contributed by atoms with Crippen LogP contribution in [0.3, 0.4) is 0 Å².